The van der Waals surface area contributed by atoms with Crippen LogP contribution in [0.1, 0.15) is 12.8 Å². The van der Waals surface area contributed by atoms with Crippen molar-refractivity contribution in [3.8, 4) is 22.6 Å². The van der Waals surface area contributed by atoms with E-state index in [1.807, 2.05) is 0 Å². The van der Waals surface area contributed by atoms with E-state index in [4.69, 9.17) is 16.3 Å². The monoisotopic (exact) mass is 382 g/mol. The Bertz CT molecular complexity index is 855. The van der Waals surface area contributed by atoms with E-state index in [1.165, 1.54) is 18.3 Å². The molecule has 1 N–H and O–H groups in total. The highest BCUT2D eigenvalue weighted by Gasteiger charge is 2.43. The molecule has 2 aliphatic rings. The maximum absolute atomic E-state index is 13.2. The number of hydrogen-bond acceptors (Lipinski definition) is 5. The van der Waals surface area contributed by atoms with Crippen LogP contribution in [0.5, 0.6) is 11.5 Å². The van der Waals surface area contributed by atoms with E-state index < -0.39 is 12.4 Å². The van der Waals surface area contributed by atoms with E-state index in [1.54, 1.807) is 12.1 Å². The van der Waals surface area contributed by atoms with E-state index in [0.717, 1.165) is 6.42 Å². The Morgan fingerprint density at radius 2 is 2.04 bits per heavy atom. The van der Waals surface area contributed by atoms with Gasteiger partial charge in [-0.25, -0.2) is 4.98 Å². The molecule has 0 saturated carbocycles. The molecule has 1 amide bonds. The molecule has 1 aromatic carbocycles. The van der Waals surface area contributed by atoms with E-state index in [2.05, 4.69) is 19.8 Å². The number of carbonyl (C=O) groups is 1. The molecule has 1 unspecified atom stereocenters. The van der Waals surface area contributed by atoms with Gasteiger partial charge in [-0.2, -0.15) is 0 Å². The molecule has 6 nitrogen and oxygen atoms in total. The maximum Gasteiger partial charge on any atom is 0.586 e. The van der Waals surface area contributed by atoms with Crippen LogP contribution in [0.15, 0.2) is 30.5 Å². The lowest BCUT2D eigenvalue weighted by molar-refractivity contribution is -0.286. The number of nitrogens with one attached hydrogen (secondary N) is 1. The first-order chi connectivity index (χ1) is 12.4. The SMILES string of the molecule is O=C(Nc1ccc(-c2cc3c(cc2Cl)OC(F)(F)O3)cn1)C1CCCO1. The smallest absolute Gasteiger partial charge is 0.395 e. The number of ether oxygens (including phenoxy) is 3. The molecule has 4 rings (SSSR count). The number of hydrogen-bond donors (Lipinski definition) is 1. The average Bonchev–Trinajstić information content (AvgIpc) is 3.21. The summed E-state index contributed by atoms with van der Waals surface area (Å²) < 4.78 is 40.4. The van der Waals surface area contributed by atoms with Crippen LogP contribution in [-0.4, -0.2) is 29.9 Å². The zero-order chi connectivity index (χ0) is 18.3. The van der Waals surface area contributed by atoms with Crippen LogP contribution in [-0.2, 0) is 9.53 Å². The van der Waals surface area contributed by atoms with Crippen LogP contribution in [0.3, 0.4) is 0 Å². The van der Waals surface area contributed by atoms with Crippen molar-refractivity contribution in [1.82, 2.24) is 4.98 Å². The molecule has 2 aliphatic heterocycles. The van der Waals surface area contributed by atoms with Crippen molar-refractivity contribution < 1.29 is 27.8 Å². The number of anilines is 1. The molecule has 9 heteroatoms. The summed E-state index contributed by atoms with van der Waals surface area (Å²) in [5.74, 6) is -0.119. The van der Waals surface area contributed by atoms with E-state index in [-0.39, 0.29) is 22.4 Å². The summed E-state index contributed by atoms with van der Waals surface area (Å²) in [6.07, 6.45) is -1.15. The van der Waals surface area contributed by atoms with Crippen molar-refractivity contribution in [2.75, 3.05) is 11.9 Å². The Morgan fingerprint density at radius 1 is 1.27 bits per heavy atom. The number of alkyl halides is 2. The number of nitrogens with zero attached hydrogens (tertiary/aromatic N) is 1. The summed E-state index contributed by atoms with van der Waals surface area (Å²) in [6, 6.07) is 5.89. The van der Waals surface area contributed by atoms with Gasteiger partial charge < -0.3 is 19.5 Å². The van der Waals surface area contributed by atoms with Crippen LogP contribution < -0.4 is 14.8 Å². The number of amides is 1. The quantitative estimate of drug-likeness (QED) is 0.873. The van der Waals surface area contributed by atoms with Gasteiger partial charge in [-0.1, -0.05) is 11.6 Å². The standard InChI is InChI=1S/C17H13ClF2N2O4/c18-11-7-14-13(25-17(19,20)26-14)6-10(11)9-3-4-15(21-8-9)22-16(23)12-2-1-5-24-12/h3-4,6-8,12H,1-2,5H2,(H,21,22,23). The Kier molecular flexibility index (Phi) is 4.16. The second-order valence-corrected chi connectivity index (χ2v) is 6.28. The zero-order valence-electron chi connectivity index (χ0n) is 13.3. The number of benzene rings is 1. The molecule has 1 aromatic heterocycles. The van der Waals surface area contributed by atoms with Crippen LogP contribution in [0, 0.1) is 0 Å². The highest BCUT2D eigenvalue weighted by atomic mass is 35.5. The normalized spacial score (nSPS) is 20.2. The minimum Gasteiger partial charge on any atom is -0.395 e. The van der Waals surface area contributed by atoms with Gasteiger partial charge in [0.05, 0.1) is 5.02 Å². The van der Waals surface area contributed by atoms with Gasteiger partial charge in [0.2, 0.25) is 0 Å². The first-order valence-corrected chi connectivity index (χ1v) is 8.27. The summed E-state index contributed by atoms with van der Waals surface area (Å²) in [6.45, 7) is 0.576. The van der Waals surface area contributed by atoms with Crippen molar-refractivity contribution >= 4 is 23.3 Å². The number of carbonyl (C=O) groups excluding carboxylic acids is 1. The zero-order valence-corrected chi connectivity index (χ0v) is 14.1. The molecule has 3 heterocycles. The predicted molar refractivity (Wildman–Crippen MR) is 88.5 cm³/mol. The minimum atomic E-state index is -3.71. The second-order valence-electron chi connectivity index (χ2n) is 5.87. The largest absolute Gasteiger partial charge is 0.586 e. The number of aromatic nitrogens is 1. The summed E-state index contributed by atoms with van der Waals surface area (Å²) in [5, 5.41) is 2.89. The molecule has 136 valence electrons. The Balaban J connectivity index is 1.53. The molecular weight excluding hydrogens is 370 g/mol. The average molecular weight is 383 g/mol. The summed E-state index contributed by atoms with van der Waals surface area (Å²) >= 11 is 6.15. The molecule has 1 atom stereocenters. The summed E-state index contributed by atoms with van der Waals surface area (Å²) in [5.41, 5.74) is 1.03. The number of fused-ring (bicyclic) bond motifs is 1. The Morgan fingerprint density at radius 3 is 2.69 bits per heavy atom. The van der Waals surface area contributed by atoms with E-state index >= 15 is 0 Å². The van der Waals surface area contributed by atoms with E-state index in [0.29, 0.717) is 30.0 Å². The van der Waals surface area contributed by atoms with Gasteiger partial charge in [-0.15, -0.1) is 8.78 Å². The van der Waals surface area contributed by atoms with E-state index in [9.17, 15) is 13.6 Å². The second kappa shape index (κ2) is 6.37. The van der Waals surface area contributed by atoms with Crippen LogP contribution in [0.25, 0.3) is 11.1 Å². The third-order valence-electron chi connectivity index (χ3n) is 4.04. The highest BCUT2D eigenvalue weighted by molar-refractivity contribution is 6.33. The fourth-order valence-corrected chi connectivity index (χ4v) is 3.07. The molecule has 26 heavy (non-hydrogen) atoms. The third-order valence-corrected chi connectivity index (χ3v) is 4.35. The van der Waals surface area contributed by atoms with Gasteiger partial charge in [0.25, 0.3) is 5.91 Å². The van der Waals surface area contributed by atoms with Crippen molar-refractivity contribution in [2.24, 2.45) is 0 Å². The fraction of sp³-hybridized carbons (Fsp3) is 0.294. The number of halogens is 3. The van der Waals surface area contributed by atoms with Crippen molar-refractivity contribution in [1.29, 1.82) is 0 Å². The fourth-order valence-electron chi connectivity index (χ4n) is 2.81. The predicted octanol–water partition coefficient (Wildman–Crippen LogP) is 3.84. The van der Waals surface area contributed by atoms with Gasteiger partial charge in [0, 0.05) is 30.0 Å². The third kappa shape index (κ3) is 3.30. The molecule has 0 radical (unpaired) electrons. The maximum atomic E-state index is 13.2. The minimum absolute atomic E-state index is 0.106. The molecule has 0 aliphatic carbocycles. The lowest BCUT2D eigenvalue weighted by atomic mass is 10.1. The van der Waals surface area contributed by atoms with Crippen molar-refractivity contribution in [3.63, 3.8) is 0 Å². The Hall–Kier alpha value is -2.45. The molecule has 0 spiro atoms. The van der Waals surface area contributed by atoms with Crippen LogP contribution in [0.4, 0.5) is 14.6 Å². The van der Waals surface area contributed by atoms with Gasteiger partial charge in [-0.05, 0) is 31.0 Å². The van der Waals surface area contributed by atoms with Gasteiger partial charge in [0.15, 0.2) is 11.5 Å². The topological polar surface area (TPSA) is 69.7 Å². The van der Waals surface area contributed by atoms with Crippen molar-refractivity contribution in [3.05, 3.63) is 35.5 Å². The van der Waals surface area contributed by atoms with Crippen LogP contribution >= 0.6 is 11.6 Å². The first-order valence-electron chi connectivity index (χ1n) is 7.89. The first kappa shape index (κ1) is 17.0. The number of pyridine rings is 1. The summed E-state index contributed by atoms with van der Waals surface area (Å²) in [7, 11) is 0. The molecular formula is C17H13ClF2N2O4. The number of rotatable bonds is 3. The Labute approximate surface area is 152 Å². The lowest BCUT2D eigenvalue weighted by Crippen LogP contribution is -2.27. The lowest BCUT2D eigenvalue weighted by Gasteiger charge is -2.10. The summed E-state index contributed by atoms with van der Waals surface area (Å²) in [4.78, 5) is 16.2. The highest BCUT2D eigenvalue weighted by Crippen LogP contribution is 2.45. The van der Waals surface area contributed by atoms with Gasteiger partial charge in [0.1, 0.15) is 11.9 Å². The molecule has 0 bridgehead atoms. The molecule has 1 saturated heterocycles. The van der Waals surface area contributed by atoms with Crippen LogP contribution in [0.2, 0.25) is 5.02 Å². The van der Waals surface area contributed by atoms with Gasteiger partial charge >= 0.3 is 6.29 Å². The van der Waals surface area contributed by atoms with Gasteiger partial charge in [-0.3, -0.25) is 4.79 Å². The van der Waals surface area contributed by atoms with Crippen molar-refractivity contribution in [2.45, 2.75) is 25.2 Å². The molecule has 2 aromatic rings. The molecule has 1 fully saturated rings.